The number of carbonyl (C=O) groups excluding carboxylic acids is 2. The van der Waals surface area contributed by atoms with Gasteiger partial charge in [0, 0.05) is 61.9 Å². The molecular weight excluding hydrogens is 448 g/mol. The molecule has 0 aromatic carbocycles. The van der Waals surface area contributed by atoms with Gasteiger partial charge in [-0.2, -0.15) is 0 Å². The van der Waals surface area contributed by atoms with Crippen LogP contribution in [-0.2, 0) is 16.1 Å². The van der Waals surface area contributed by atoms with Crippen LogP contribution in [0.2, 0.25) is 0 Å². The van der Waals surface area contributed by atoms with Crippen LogP contribution < -0.4 is 0 Å². The quantitative estimate of drug-likeness (QED) is 0.660. The topological polar surface area (TPSA) is 71.3 Å². The molecule has 1 spiro atoms. The minimum Gasteiger partial charge on any atom is -0.341 e. The third kappa shape index (κ3) is 3.86. The summed E-state index contributed by atoms with van der Waals surface area (Å²) in [5.41, 5.74) is 0.882. The minimum absolute atomic E-state index is 0.00601. The summed E-state index contributed by atoms with van der Waals surface area (Å²) in [5, 5.41) is 2.93. The third-order valence-corrected chi connectivity index (χ3v) is 8.25. The Morgan fingerprint density at radius 2 is 2.09 bits per heavy atom. The number of thiazole rings is 1. The summed E-state index contributed by atoms with van der Waals surface area (Å²) in [6, 6.07) is 0.224. The van der Waals surface area contributed by atoms with E-state index in [1.165, 1.54) is 0 Å². The lowest BCUT2D eigenvalue weighted by Gasteiger charge is -2.36. The maximum Gasteiger partial charge on any atom is 0.249 e. The summed E-state index contributed by atoms with van der Waals surface area (Å²) in [7, 11) is 0. The number of amides is 2. The van der Waals surface area contributed by atoms with Crippen molar-refractivity contribution in [1.82, 2.24) is 24.3 Å². The predicted octanol–water partition coefficient (Wildman–Crippen LogP) is 3.62. The molecule has 0 N–H and O–H groups in total. The first-order chi connectivity index (χ1) is 15.6. The number of aryl methyl sites for hydroxylation is 1. The maximum atomic E-state index is 13.8. The SMILES string of the molecule is Cc1nc(CN2CC[C@]3(CN(C(=O)C4CC(F)(F)C4)C[C@H]3c3cn(C(C)C)cn3)C2=O)cs1. The first-order valence-electron chi connectivity index (χ1n) is 11.5. The summed E-state index contributed by atoms with van der Waals surface area (Å²) in [6.07, 6.45) is 3.54. The van der Waals surface area contributed by atoms with E-state index in [0.29, 0.717) is 26.1 Å². The highest BCUT2D eigenvalue weighted by molar-refractivity contribution is 7.09. The zero-order chi connectivity index (χ0) is 23.5. The minimum atomic E-state index is -2.75. The van der Waals surface area contributed by atoms with Gasteiger partial charge in [0.1, 0.15) is 0 Å². The van der Waals surface area contributed by atoms with Gasteiger partial charge < -0.3 is 14.4 Å². The van der Waals surface area contributed by atoms with Gasteiger partial charge in [0.2, 0.25) is 17.7 Å². The molecule has 5 rings (SSSR count). The molecule has 3 fully saturated rings. The lowest BCUT2D eigenvalue weighted by molar-refractivity contribution is -0.159. The lowest BCUT2D eigenvalue weighted by atomic mass is 9.75. The smallest absolute Gasteiger partial charge is 0.249 e. The molecule has 178 valence electrons. The highest BCUT2D eigenvalue weighted by Gasteiger charge is 2.60. The van der Waals surface area contributed by atoms with E-state index in [9.17, 15) is 18.4 Å². The molecule has 10 heteroatoms. The van der Waals surface area contributed by atoms with Crippen LogP contribution >= 0.6 is 11.3 Å². The molecular formula is C23H29F2N5O2S. The Labute approximate surface area is 195 Å². The number of carbonyl (C=O) groups is 2. The molecule has 1 aliphatic carbocycles. The van der Waals surface area contributed by atoms with Gasteiger partial charge >= 0.3 is 0 Å². The van der Waals surface area contributed by atoms with Crippen molar-refractivity contribution in [2.45, 2.75) is 64.5 Å². The number of rotatable bonds is 5. The zero-order valence-electron chi connectivity index (χ0n) is 19.1. The van der Waals surface area contributed by atoms with Crippen LogP contribution in [0.25, 0.3) is 0 Å². The van der Waals surface area contributed by atoms with E-state index < -0.39 is 30.1 Å². The number of likely N-dealkylation sites (tertiary alicyclic amines) is 2. The van der Waals surface area contributed by atoms with Crippen LogP contribution in [-0.4, -0.2) is 61.7 Å². The monoisotopic (exact) mass is 477 g/mol. The molecule has 0 bridgehead atoms. The Kier molecular flexibility index (Phi) is 5.34. The standard InChI is InChI=1S/C23H29F2N5O2S/c1-14(2)30-10-19(26-13-30)18-9-29(20(31)16-6-23(24,25)7-16)12-22(18)4-5-28(21(22)32)8-17-11-33-15(3)27-17/h10-11,13-14,16,18H,4-9,12H2,1-3H3/t18-,22+/m0/s1. The van der Waals surface area contributed by atoms with Crippen LogP contribution in [0, 0.1) is 18.3 Å². The average Bonchev–Trinajstić information content (AvgIpc) is 3.50. The number of alkyl halides is 2. The largest absolute Gasteiger partial charge is 0.341 e. The number of hydrogen-bond acceptors (Lipinski definition) is 5. The second-order valence-electron chi connectivity index (χ2n) is 10.1. The van der Waals surface area contributed by atoms with Gasteiger partial charge in [-0.15, -0.1) is 11.3 Å². The molecule has 4 heterocycles. The van der Waals surface area contributed by atoms with Crippen LogP contribution in [0.5, 0.6) is 0 Å². The van der Waals surface area contributed by atoms with Crippen molar-refractivity contribution < 1.29 is 18.4 Å². The molecule has 1 saturated carbocycles. The van der Waals surface area contributed by atoms with Crippen molar-refractivity contribution in [3.05, 3.63) is 34.3 Å². The van der Waals surface area contributed by atoms with E-state index >= 15 is 0 Å². The molecule has 2 aliphatic heterocycles. The summed E-state index contributed by atoms with van der Waals surface area (Å²) >= 11 is 1.56. The van der Waals surface area contributed by atoms with Crippen LogP contribution in [0.1, 0.15) is 61.5 Å². The highest BCUT2D eigenvalue weighted by Crippen LogP contribution is 2.51. The number of imidazole rings is 1. The van der Waals surface area contributed by atoms with Crippen molar-refractivity contribution in [3.8, 4) is 0 Å². The summed E-state index contributed by atoms with van der Waals surface area (Å²) in [6.45, 7) is 7.68. The summed E-state index contributed by atoms with van der Waals surface area (Å²) < 4.78 is 28.8. The van der Waals surface area contributed by atoms with Gasteiger partial charge in [0.15, 0.2) is 0 Å². The van der Waals surface area contributed by atoms with E-state index in [1.54, 1.807) is 22.6 Å². The lowest BCUT2D eigenvalue weighted by Crippen LogP contribution is -2.47. The van der Waals surface area contributed by atoms with Gasteiger partial charge in [-0.1, -0.05) is 0 Å². The molecule has 33 heavy (non-hydrogen) atoms. The molecule has 2 saturated heterocycles. The van der Waals surface area contributed by atoms with Gasteiger partial charge in [0.05, 0.1) is 34.7 Å². The van der Waals surface area contributed by atoms with Crippen molar-refractivity contribution in [2.24, 2.45) is 11.3 Å². The number of halogens is 2. The summed E-state index contributed by atoms with van der Waals surface area (Å²) in [5.74, 6) is -3.91. The fourth-order valence-corrected chi connectivity index (χ4v) is 6.12. The van der Waals surface area contributed by atoms with Crippen molar-refractivity contribution >= 4 is 23.2 Å². The van der Waals surface area contributed by atoms with Gasteiger partial charge in [-0.25, -0.2) is 18.7 Å². The zero-order valence-corrected chi connectivity index (χ0v) is 19.9. The Morgan fingerprint density at radius 3 is 2.70 bits per heavy atom. The van der Waals surface area contributed by atoms with E-state index in [1.807, 2.05) is 28.0 Å². The van der Waals surface area contributed by atoms with Crippen LogP contribution in [0.4, 0.5) is 8.78 Å². The number of hydrogen-bond donors (Lipinski definition) is 0. The Morgan fingerprint density at radius 1 is 1.33 bits per heavy atom. The molecule has 0 radical (unpaired) electrons. The van der Waals surface area contributed by atoms with Gasteiger partial charge in [-0.05, 0) is 27.2 Å². The second kappa shape index (κ2) is 7.85. The van der Waals surface area contributed by atoms with E-state index in [2.05, 4.69) is 23.8 Å². The molecule has 7 nitrogen and oxygen atoms in total. The van der Waals surface area contributed by atoms with Crippen molar-refractivity contribution in [2.75, 3.05) is 19.6 Å². The molecule has 3 aliphatic rings. The van der Waals surface area contributed by atoms with Crippen molar-refractivity contribution in [1.29, 1.82) is 0 Å². The fourth-order valence-electron chi connectivity index (χ4n) is 5.52. The highest BCUT2D eigenvalue weighted by atomic mass is 32.1. The van der Waals surface area contributed by atoms with E-state index in [4.69, 9.17) is 0 Å². The summed E-state index contributed by atoms with van der Waals surface area (Å²) in [4.78, 5) is 39.4. The fraction of sp³-hybridized carbons (Fsp3) is 0.652. The molecule has 2 atom stereocenters. The van der Waals surface area contributed by atoms with Gasteiger partial charge in [0.25, 0.3) is 0 Å². The number of aromatic nitrogens is 3. The molecule has 0 unspecified atom stereocenters. The molecule has 2 aromatic rings. The maximum absolute atomic E-state index is 13.8. The van der Waals surface area contributed by atoms with Crippen LogP contribution in [0.3, 0.4) is 0 Å². The van der Waals surface area contributed by atoms with Crippen molar-refractivity contribution in [3.63, 3.8) is 0 Å². The predicted molar refractivity (Wildman–Crippen MR) is 119 cm³/mol. The average molecular weight is 478 g/mol. The van der Waals surface area contributed by atoms with E-state index in [-0.39, 0.29) is 30.3 Å². The Hall–Kier alpha value is -2.36. The Bertz CT molecular complexity index is 1070. The normalized spacial score (nSPS) is 27.2. The first kappa shape index (κ1) is 22.4. The second-order valence-corrected chi connectivity index (χ2v) is 11.1. The molecule has 2 amide bonds. The third-order valence-electron chi connectivity index (χ3n) is 7.43. The van der Waals surface area contributed by atoms with E-state index in [0.717, 1.165) is 16.4 Å². The van der Waals surface area contributed by atoms with Crippen LogP contribution in [0.15, 0.2) is 17.9 Å². The molecule has 2 aromatic heterocycles. The Balaban J connectivity index is 1.42. The first-order valence-corrected chi connectivity index (χ1v) is 12.4. The van der Waals surface area contributed by atoms with Gasteiger partial charge in [-0.3, -0.25) is 9.59 Å². The number of nitrogens with zero attached hydrogens (tertiary/aromatic N) is 5.